The van der Waals surface area contributed by atoms with Crippen molar-refractivity contribution in [2.45, 2.75) is 12.6 Å². The third-order valence-electron chi connectivity index (χ3n) is 3.07. The number of morpholine rings is 1. The van der Waals surface area contributed by atoms with Crippen LogP contribution in [0.1, 0.15) is 17.5 Å². The van der Waals surface area contributed by atoms with Gasteiger partial charge >= 0.3 is 0 Å². The highest BCUT2D eigenvalue weighted by Gasteiger charge is 2.23. The Bertz CT molecular complexity index is 507. The Morgan fingerprint density at radius 3 is 2.68 bits per heavy atom. The Morgan fingerprint density at radius 1 is 1.11 bits per heavy atom. The third kappa shape index (κ3) is 3.10. The number of rotatable bonds is 3. The second kappa shape index (κ2) is 5.81. The largest absolute Gasteiger partial charge is 0.369 e. The molecule has 98 valence electrons. The van der Waals surface area contributed by atoms with Crippen LogP contribution in [-0.2, 0) is 11.3 Å². The van der Waals surface area contributed by atoms with Crippen molar-refractivity contribution in [3.63, 3.8) is 0 Å². The molecule has 2 aromatic heterocycles. The standard InChI is InChI=1S/C13H15N5O/c1-3-16-11(7-14-1)9-18-5-6-19-13(10-18)12-8-15-2-4-17-12/h1-4,7-8,13H,5-6,9-10H2/t13-/m0/s1. The molecule has 0 spiro atoms. The van der Waals surface area contributed by atoms with Gasteiger partial charge in [-0.2, -0.15) is 0 Å². The van der Waals surface area contributed by atoms with Gasteiger partial charge in [-0.1, -0.05) is 0 Å². The minimum atomic E-state index is -0.0147. The van der Waals surface area contributed by atoms with Crippen molar-refractivity contribution in [1.29, 1.82) is 0 Å². The quantitative estimate of drug-likeness (QED) is 0.812. The Balaban J connectivity index is 1.65. The molecule has 19 heavy (non-hydrogen) atoms. The predicted octanol–water partition coefficient (Wildman–Crippen LogP) is 0.840. The van der Waals surface area contributed by atoms with Gasteiger partial charge in [-0.25, -0.2) is 0 Å². The van der Waals surface area contributed by atoms with Crippen LogP contribution in [0.15, 0.2) is 37.2 Å². The average molecular weight is 257 g/mol. The van der Waals surface area contributed by atoms with Crippen LogP contribution in [0.5, 0.6) is 0 Å². The van der Waals surface area contributed by atoms with E-state index in [-0.39, 0.29) is 6.10 Å². The smallest absolute Gasteiger partial charge is 0.114 e. The Kier molecular flexibility index (Phi) is 3.71. The molecule has 0 N–H and O–H groups in total. The van der Waals surface area contributed by atoms with Crippen molar-refractivity contribution in [1.82, 2.24) is 24.8 Å². The fourth-order valence-corrected chi connectivity index (χ4v) is 2.14. The first-order chi connectivity index (χ1) is 9.42. The van der Waals surface area contributed by atoms with Crippen molar-refractivity contribution < 1.29 is 4.74 Å². The maximum absolute atomic E-state index is 5.75. The van der Waals surface area contributed by atoms with Gasteiger partial charge in [-0.3, -0.25) is 24.8 Å². The van der Waals surface area contributed by atoms with Gasteiger partial charge in [0.2, 0.25) is 0 Å². The molecule has 0 aliphatic carbocycles. The van der Waals surface area contributed by atoms with Crippen molar-refractivity contribution in [3.05, 3.63) is 48.6 Å². The number of hydrogen-bond acceptors (Lipinski definition) is 6. The van der Waals surface area contributed by atoms with Gasteiger partial charge in [0.15, 0.2) is 0 Å². The van der Waals surface area contributed by atoms with E-state index in [9.17, 15) is 0 Å². The van der Waals surface area contributed by atoms with Crippen LogP contribution in [0.3, 0.4) is 0 Å². The topological polar surface area (TPSA) is 64.0 Å². The molecule has 0 unspecified atom stereocenters. The van der Waals surface area contributed by atoms with Crippen molar-refractivity contribution in [3.8, 4) is 0 Å². The number of aromatic nitrogens is 4. The summed E-state index contributed by atoms with van der Waals surface area (Å²) in [6.45, 7) is 3.18. The third-order valence-corrected chi connectivity index (χ3v) is 3.07. The van der Waals surface area contributed by atoms with E-state index in [1.165, 1.54) is 0 Å². The number of hydrogen-bond donors (Lipinski definition) is 0. The van der Waals surface area contributed by atoms with Crippen LogP contribution in [0.25, 0.3) is 0 Å². The van der Waals surface area contributed by atoms with Gasteiger partial charge in [0, 0.05) is 50.6 Å². The van der Waals surface area contributed by atoms with Gasteiger partial charge in [0.1, 0.15) is 6.10 Å². The summed E-state index contributed by atoms with van der Waals surface area (Å²) >= 11 is 0. The maximum Gasteiger partial charge on any atom is 0.114 e. The first-order valence-corrected chi connectivity index (χ1v) is 6.26. The van der Waals surface area contributed by atoms with Crippen LogP contribution in [0, 0.1) is 0 Å². The fraction of sp³-hybridized carbons (Fsp3) is 0.385. The molecule has 2 aromatic rings. The van der Waals surface area contributed by atoms with Gasteiger partial charge in [0.05, 0.1) is 24.2 Å². The maximum atomic E-state index is 5.75. The zero-order valence-corrected chi connectivity index (χ0v) is 10.5. The fourth-order valence-electron chi connectivity index (χ4n) is 2.14. The van der Waals surface area contributed by atoms with Crippen LogP contribution in [0.2, 0.25) is 0 Å². The van der Waals surface area contributed by atoms with Crippen molar-refractivity contribution in [2.75, 3.05) is 19.7 Å². The minimum absolute atomic E-state index is 0.0147. The minimum Gasteiger partial charge on any atom is -0.369 e. The monoisotopic (exact) mass is 257 g/mol. The van der Waals surface area contributed by atoms with E-state index in [4.69, 9.17) is 4.74 Å². The van der Waals surface area contributed by atoms with Gasteiger partial charge < -0.3 is 4.74 Å². The second-order valence-corrected chi connectivity index (χ2v) is 4.42. The van der Waals surface area contributed by atoms with E-state index < -0.39 is 0 Å². The summed E-state index contributed by atoms with van der Waals surface area (Å²) < 4.78 is 5.75. The van der Waals surface area contributed by atoms with Crippen molar-refractivity contribution in [2.24, 2.45) is 0 Å². The lowest BCUT2D eigenvalue weighted by atomic mass is 10.2. The van der Waals surface area contributed by atoms with Gasteiger partial charge in [-0.15, -0.1) is 0 Å². The van der Waals surface area contributed by atoms with E-state index in [1.54, 1.807) is 37.2 Å². The molecular weight excluding hydrogens is 242 g/mol. The normalized spacial score (nSPS) is 20.3. The SMILES string of the molecule is c1cnc(CN2CCO[C@H](c3cnccn3)C2)cn1. The summed E-state index contributed by atoms with van der Waals surface area (Å²) in [5.74, 6) is 0. The molecular formula is C13H15N5O. The molecule has 6 nitrogen and oxygen atoms in total. The zero-order chi connectivity index (χ0) is 12.9. The molecule has 0 bridgehead atoms. The van der Waals surface area contributed by atoms with Crippen LogP contribution in [-0.4, -0.2) is 44.5 Å². The lowest BCUT2D eigenvalue weighted by Crippen LogP contribution is -2.38. The molecule has 3 rings (SSSR count). The molecule has 1 saturated heterocycles. The molecule has 3 heterocycles. The second-order valence-electron chi connectivity index (χ2n) is 4.42. The zero-order valence-electron chi connectivity index (χ0n) is 10.5. The summed E-state index contributed by atoms with van der Waals surface area (Å²) in [6, 6.07) is 0. The molecule has 0 amide bonds. The van der Waals surface area contributed by atoms with Gasteiger partial charge in [-0.05, 0) is 0 Å². The van der Waals surface area contributed by atoms with Crippen LogP contribution in [0.4, 0.5) is 0 Å². The summed E-state index contributed by atoms with van der Waals surface area (Å²) in [4.78, 5) is 19.1. The first kappa shape index (κ1) is 12.1. The molecule has 1 atom stereocenters. The van der Waals surface area contributed by atoms with Crippen LogP contribution < -0.4 is 0 Å². The van der Waals surface area contributed by atoms with E-state index in [1.807, 2.05) is 0 Å². The van der Waals surface area contributed by atoms with E-state index >= 15 is 0 Å². The average Bonchev–Trinajstić information content (AvgIpc) is 2.49. The molecule has 1 fully saturated rings. The highest BCUT2D eigenvalue weighted by atomic mass is 16.5. The first-order valence-electron chi connectivity index (χ1n) is 6.26. The Hall–Kier alpha value is -1.92. The van der Waals surface area contributed by atoms with E-state index in [0.717, 1.165) is 31.0 Å². The summed E-state index contributed by atoms with van der Waals surface area (Å²) in [5.41, 5.74) is 1.86. The predicted molar refractivity (Wildman–Crippen MR) is 68.0 cm³/mol. The number of nitrogens with zero attached hydrogens (tertiary/aromatic N) is 5. The lowest BCUT2D eigenvalue weighted by Gasteiger charge is -2.32. The summed E-state index contributed by atoms with van der Waals surface area (Å²) in [6.07, 6.45) is 10.3. The van der Waals surface area contributed by atoms with E-state index in [2.05, 4.69) is 24.8 Å². The molecule has 0 saturated carbocycles. The Labute approximate surface area is 111 Å². The molecule has 1 aliphatic rings. The highest BCUT2D eigenvalue weighted by molar-refractivity contribution is 5.02. The summed E-state index contributed by atoms with van der Waals surface area (Å²) in [5, 5.41) is 0. The van der Waals surface area contributed by atoms with E-state index in [0.29, 0.717) is 6.61 Å². The van der Waals surface area contributed by atoms with Crippen LogP contribution >= 0.6 is 0 Å². The molecule has 1 aliphatic heterocycles. The molecule has 0 radical (unpaired) electrons. The number of ether oxygens (including phenoxy) is 1. The Morgan fingerprint density at radius 2 is 1.95 bits per heavy atom. The van der Waals surface area contributed by atoms with Gasteiger partial charge in [0.25, 0.3) is 0 Å². The highest BCUT2D eigenvalue weighted by Crippen LogP contribution is 2.20. The van der Waals surface area contributed by atoms with Crippen molar-refractivity contribution >= 4 is 0 Å². The lowest BCUT2D eigenvalue weighted by molar-refractivity contribution is -0.0355. The summed E-state index contributed by atoms with van der Waals surface area (Å²) in [7, 11) is 0. The molecule has 0 aromatic carbocycles. The molecule has 6 heteroatoms.